The molecule has 36 heavy (non-hydrogen) atoms. The normalized spacial score (nSPS) is 19.6. The van der Waals surface area contributed by atoms with Crippen molar-refractivity contribution in [3.63, 3.8) is 0 Å². The molecule has 3 heterocycles. The number of pyridine rings is 1. The Morgan fingerprint density at radius 2 is 1.78 bits per heavy atom. The van der Waals surface area contributed by atoms with Crippen molar-refractivity contribution in [2.24, 2.45) is 5.92 Å². The van der Waals surface area contributed by atoms with Crippen molar-refractivity contribution in [3.8, 4) is 0 Å². The summed E-state index contributed by atoms with van der Waals surface area (Å²) in [7, 11) is 0. The van der Waals surface area contributed by atoms with Crippen LogP contribution >= 0.6 is 11.8 Å². The van der Waals surface area contributed by atoms with Crippen LogP contribution in [0.2, 0.25) is 0 Å². The van der Waals surface area contributed by atoms with Crippen LogP contribution in [0.15, 0.2) is 47.6 Å². The average Bonchev–Trinajstić information content (AvgIpc) is 3.04. The number of hydrogen-bond donors (Lipinski definition) is 2. The minimum absolute atomic E-state index is 0.0352. The molecule has 0 saturated carbocycles. The van der Waals surface area contributed by atoms with Crippen LogP contribution in [0.3, 0.4) is 0 Å². The van der Waals surface area contributed by atoms with Crippen molar-refractivity contribution in [2.45, 2.75) is 49.7 Å². The predicted octanol–water partition coefficient (Wildman–Crippen LogP) is 4.14. The molecule has 2 unspecified atom stereocenters. The van der Waals surface area contributed by atoms with E-state index in [1.165, 1.54) is 16.7 Å². The van der Waals surface area contributed by atoms with Crippen LogP contribution in [0, 0.1) is 5.92 Å². The molecule has 192 valence electrons. The second-order valence-electron chi connectivity index (χ2n) is 8.36. The van der Waals surface area contributed by atoms with E-state index >= 15 is 0 Å². The van der Waals surface area contributed by atoms with Gasteiger partial charge in [0.2, 0.25) is 5.91 Å². The maximum absolute atomic E-state index is 13.2. The number of alkyl halides is 3. The molecule has 4 amide bonds. The van der Waals surface area contributed by atoms with Crippen molar-refractivity contribution < 1.29 is 37.5 Å². The van der Waals surface area contributed by atoms with Gasteiger partial charge in [-0.05, 0) is 48.7 Å². The molecule has 2 aromatic rings. The van der Waals surface area contributed by atoms with Gasteiger partial charge in [-0.2, -0.15) is 13.2 Å². The average molecular weight is 525 g/mol. The summed E-state index contributed by atoms with van der Waals surface area (Å²) in [6.07, 6.45) is -1.74. The molecule has 0 aliphatic carbocycles. The van der Waals surface area contributed by atoms with Gasteiger partial charge in [-0.15, -0.1) is 11.8 Å². The molecule has 13 heteroatoms. The number of anilines is 2. The summed E-state index contributed by atoms with van der Waals surface area (Å²) in [4.78, 5) is 55.1. The molecule has 2 aliphatic rings. The zero-order chi connectivity index (χ0) is 26.8. The Bertz CT molecular complexity index is 1180. The zero-order valence-corrected chi connectivity index (χ0v) is 20.3. The van der Waals surface area contributed by atoms with E-state index in [0.717, 1.165) is 10.5 Å². The van der Waals surface area contributed by atoms with Crippen molar-refractivity contribution in [3.05, 3.63) is 48.3 Å². The van der Waals surface area contributed by atoms with Gasteiger partial charge in [-0.1, -0.05) is 13.8 Å². The number of imide groups is 1. The molecule has 1 saturated heterocycles. The zero-order valence-electron chi connectivity index (χ0n) is 19.4. The Balaban J connectivity index is 0.000000454. The summed E-state index contributed by atoms with van der Waals surface area (Å²) >= 11 is 1.46. The standard InChI is InChI=1S/C21H22N4O3S.C2HF3O2/c1-12(2)18-20(27)25(21(28)24(18)11-14-6-8-22-9-7-14)15-4-5-17-16(10-15)23-19(26)13(3)29-17;3-2(4,5)1(6)7/h4-10,12-13,18H,11H2,1-3H3,(H,23,26);(H,6,7). The summed E-state index contributed by atoms with van der Waals surface area (Å²) in [6, 6.07) is 8.09. The first-order valence-electron chi connectivity index (χ1n) is 10.8. The molecular formula is C23H23F3N4O5S. The number of carbonyl (C=O) groups is 4. The van der Waals surface area contributed by atoms with Crippen molar-refractivity contribution in [2.75, 3.05) is 10.2 Å². The predicted molar refractivity (Wildman–Crippen MR) is 125 cm³/mol. The topological polar surface area (TPSA) is 120 Å². The van der Waals surface area contributed by atoms with E-state index in [1.54, 1.807) is 29.4 Å². The number of nitrogens with zero attached hydrogens (tertiary/aromatic N) is 3. The van der Waals surface area contributed by atoms with Gasteiger partial charge in [-0.3, -0.25) is 14.6 Å². The Kier molecular flexibility index (Phi) is 7.92. The second kappa shape index (κ2) is 10.6. The van der Waals surface area contributed by atoms with E-state index < -0.39 is 18.2 Å². The van der Waals surface area contributed by atoms with Gasteiger partial charge in [0.1, 0.15) is 6.04 Å². The molecule has 0 bridgehead atoms. The fourth-order valence-corrected chi connectivity index (χ4v) is 4.61. The number of rotatable bonds is 4. The molecular weight excluding hydrogens is 501 g/mol. The lowest BCUT2D eigenvalue weighted by molar-refractivity contribution is -0.192. The molecule has 1 aromatic heterocycles. The number of nitrogens with one attached hydrogen (secondary N) is 1. The molecule has 1 aromatic carbocycles. The number of benzene rings is 1. The number of amides is 4. The Morgan fingerprint density at radius 3 is 2.33 bits per heavy atom. The maximum atomic E-state index is 13.2. The largest absolute Gasteiger partial charge is 0.490 e. The van der Waals surface area contributed by atoms with Gasteiger partial charge in [-0.25, -0.2) is 14.5 Å². The molecule has 0 spiro atoms. The number of aromatic nitrogens is 1. The monoisotopic (exact) mass is 524 g/mol. The van der Waals surface area contributed by atoms with E-state index in [1.807, 2.05) is 39.0 Å². The lowest BCUT2D eigenvalue weighted by Crippen LogP contribution is -2.38. The van der Waals surface area contributed by atoms with Gasteiger partial charge in [0.25, 0.3) is 5.91 Å². The van der Waals surface area contributed by atoms with Gasteiger partial charge in [0.15, 0.2) is 0 Å². The number of carbonyl (C=O) groups excluding carboxylic acids is 3. The first-order valence-corrected chi connectivity index (χ1v) is 11.6. The molecule has 2 N–H and O–H groups in total. The van der Waals surface area contributed by atoms with E-state index in [2.05, 4.69) is 10.3 Å². The van der Waals surface area contributed by atoms with Crippen molar-refractivity contribution >= 4 is 47.0 Å². The number of carboxylic acid groups (broad SMARTS) is 1. The van der Waals surface area contributed by atoms with Crippen LogP contribution in [-0.4, -0.2) is 56.3 Å². The number of halogens is 3. The van der Waals surface area contributed by atoms with Crippen LogP contribution < -0.4 is 10.2 Å². The fraction of sp³-hybridized carbons (Fsp3) is 0.348. The summed E-state index contributed by atoms with van der Waals surface area (Å²) in [5.41, 5.74) is 2.01. The van der Waals surface area contributed by atoms with Crippen LogP contribution in [0.4, 0.5) is 29.3 Å². The molecule has 0 radical (unpaired) electrons. The highest BCUT2D eigenvalue weighted by atomic mass is 32.2. The third-order valence-electron chi connectivity index (χ3n) is 5.37. The minimum atomic E-state index is -5.08. The van der Waals surface area contributed by atoms with Crippen LogP contribution in [0.5, 0.6) is 0 Å². The number of hydrogen-bond acceptors (Lipinski definition) is 6. The number of fused-ring (bicyclic) bond motifs is 1. The first-order chi connectivity index (χ1) is 16.8. The van der Waals surface area contributed by atoms with Crippen molar-refractivity contribution in [1.29, 1.82) is 0 Å². The minimum Gasteiger partial charge on any atom is -0.475 e. The SMILES string of the molecule is CC1Sc2ccc(N3C(=O)C(C(C)C)N(Cc4ccncc4)C3=O)cc2NC1=O.O=C(O)C(F)(F)F. The third kappa shape index (κ3) is 5.78. The molecule has 9 nitrogen and oxygen atoms in total. The smallest absolute Gasteiger partial charge is 0.475 e. The number of aliphatic carboxylic acids is 1. The summed E-state index contributed by atoms with van der Waals surface area (Å²) < 4.78 is 31.7. The Labute approximate surface area is 208 Å². The first kappa shape index (κ1) is 27.0. The second-order valence-corrected chi connectivity index (χ2v) is 9.74. The van der Waals surface area contributed by atoms with E-state index in [-0.39, 0.29) is 29.0 Å². The fourth-order valence-electron chi connectivity index (χ4n) is 3.68. The van der Waals surface area contributed by atoms with Gasteiger partial charge < -0.3 is 15.3 Å². The molecule has 1 fully saturated rings. The maximum Gasteiger partial charge on any atom is 0.490 e. The van der Waals surface area contributed by atoms with Crippen molar-refractivity contribution in [1.82, 2.24) is 9.88 Å². The highest BCUT2D eigenvalue weighted by molar-refractivity contribution is 8.00. The number of thioether (sulfide) groups is 1. The lowest BCUT2D eigenvalue weighted by atomic mass is 10.0. The van der Waals surface area contributed by atoms with Crippen LogP contribution in [0.25, 0.3) is 0 Å². The highest BCUT2D eigenvalue weighted by Gasteiger charge is 2.47. The van der Waals surface area contributed by atoms with E-state index in [0.29, 0.717) is 17.9 Å². The molecule has 2 aliphatic heterocycles. The van der Waals surface area contributed by atoms with Gasteiger partial charge >= 0.3 is 18.2 Å². The highest BCUT2D eigenvalue weighted by Crippen LogP contribution is 2.39. The Morgan fingerprint density at radius 1 is 1.17 bits per heavy atom. The number of urea groups is 1. The van der Waals surface area contributed by atoms with Crippen LogP contribution in [0.1, 0.15) is 26.3 Å². The Hall–Kier alpha value is -3.61. The van der Waals surface area contributed by atoms with E-state index in [9.17, 15) is 27.6 Å². The number of carboxylic acids is 1. The summed E-state index contributed by atoms with van der Waals surface area (Å²) in [5.74, 6) is -3.13. The summed E-state index contributed by atoms with van der Waals surface area (Å²) in [5, 5.41) is 9.81. The third-order valence-corrected chi connectivity index (χ3v) is 6.55. The van der Waals surface area contributed by atoms with Gasteiger partial charge in [0, 0.05) is 23.8 Å². The van der Waals surface area contributed by atoms with Crippen LogP contribution in [-0.2, 0) is 20.9 Å². The lowest BCUT2D eigenvalue weighted by Gasteiger charge is -2.24. The van der Waals surface area contributed by atoms with E-state index in [4.69, 9.17) is 9.90 Å². The molecule has 2 atom stereocenters. The molecule has 4 rings (SSSR count). The quantitative estimate of drug-likeness (QED) is 0.577. The van der Waals surface area contributed by atoms with Gasteiger partial charge in [0.05, 0.1) is 16.6 Å². The summed E-state index contributed by atoms with van der Waals surface area (Å²) in [6.45, 7) is 6.05.